The Bertz CT molecular complexity index is 1030. The Balaban J connectivity index is 1.38. The van der Waals surface area contributed by atoms with Crippen molar-refractivity contribution in [2.24, 2.45) is 5.92 Å². The van der Waals surface area contributed by atoms with Crippen molar-refractivity contribution in [3.8, 4) is 17.0 Å². The second-order valence-electron chi connectivity index (χ2n) is 8.33. The molecule has 6 heteroatoms. The number of amides is 1. The topological polar surface area (TPSA) is 67.3 Å². The largest absolute Gasteiger partial charge is 0.494 e. The van der Waals surface area contributed by atoms with Crippen molar-refractivity contribution in [1.29, 1.82) is 0 Å². The normalized spacial score (nSPS) is 14.2. The number of nitrogens with zero attached hydrogens (tertiary/aromatic N) is 3. The number of rotatable bonds is 7. The van der Waals surface area contributed by atoms with Gasteiger partial charge in [0.15, 0.2) is 5.82 Å². The molecular formula is C26H30N4O2. The van der Waals surface area contributed by atoms with Crippen molar-refractivity contribution in [1.82, 2.24) is 10.2 Å². The summed E-state index contributed by atoms with van der Waals surface area (Å²) in [5, 5.41) is 11.9. The molecule has 0 atom stereocenters. The molecule has 1 aromatic heterocycles. The maximum Gasteiger partial charge on any atom is 0.228 e. The van der Waals surface area contributed by atoms with Gasteiger partial charge in [0.25, 0.3) is 0 Å². The van der Waals surface area contributed by atoms with Gasteiger partial charge >= 0.3 is 0 Å². The first-order valence-corrected chi connectivity index (χ1v) is 11.3. The van der Waals surface area contributed by atoms with Crippen LogP contribution in [0.5, 0.6) is 5.75 Å². The van der Waals surface area contributed by atoms with Gasteiger partial charge in [-0.15, -0.1) is 10.2 Å². The van der Waals surface area contributed by atoms with Gasteiger partial charge in [-0.05, 0) is 67.6 Å². The number of piperidine rings is 1. The maximum absolute atomic E-state index is 12.5. The van der Waals surface area contributed by atoms with E-state index in [1.54, 1.807) is 0 Å². The summed E-state index contributed by atoms with van der Waals surface area (Å²) < 4.78 is 5.45. The average Bonchev–Trinajstić information content (AvgIpc) is 2.81. The van der Waals surface area contributed by atoms with E-state index >= 15 is 0 Å². The van der Waals surface area contributed by atoms with Crippen LogP contribution in [0.15, 0.2) is 60.7 Å². The average molecular weight is 431 g/mol. The monoisotopic (exact) mass is 430 g/mol. The Morgan fingerprint density at radius 3 is 2.53 bits per heavy atom. The van der Waals surface area contributed by atoms with Gasteiger partial charge in [-0.3, -0.25) is 4.79 Å². The summed E-state index contributed by atoms with van der Waals surface area (Å²) in [4.78, 5) is 14.8. The zero-order chi connectivity index (χ0) is 22.3. The zero-order valence-electron chi connectivity index (χ0n) is 18.8. The van der Waals surface area contributed by atoms with Crippen LogP contribution in [0.25, 0.3) is 11.3 Å². The summed E-state index contributed by atoms with van der Waals surface area (Å²) in [6, 6.07) is 19.4. The Morgan fingerprint density at radius 2 is 1.84 bits per heavy atom. The van der Waals surface area contributed by atoms with Crippen LogP contribution in [0.4, 0.5) is 11.5 Å². The SMILES string of the molecule is CCOc1ccc(CC(=O)Nc2cccc(-c3ccc(N4CCC(C)CC4)nn3)c2)cc1. The van der Waals surface area contributed by atoms with Crippen LogP contribution in [-0.2, 0) is 11.2 Å². The zero-order valence-corrected chi connectivity index (χ0v) is 18.8. The van der Waals surface area contributed by atoms with E-state index in [2.05, 4.69) is 27.3 Å². The molecule has 0 unspecified atom stereocenters. The standard InChI is InChI=1S/C26H30N4O2/c1-3-32-23-9-7-20(8-10-23)17-26(31)27-22-6-4-5-21(18-22)24-11-12-25(29-28-24)30-15-13-19(2)14-16-30/h4-12,18-19H,3,13-17H2,1-2H3,(H,27,31). The lowest BCUT2D eigenvalue weighted by molar-refractivity contribution is -0.115. The third kappa shape index (κ3) is 5.63. The summed E-state index contributed by atoms with van der Waals surface area (Å²) >= 11 is 0. The van der Waals surface area contributed by atoms with E-state index in [0.29, 0.717) is 13.0 Å². The quantitative estimate of drug-likeness (QED) is 0.574. The van der Waals surface area contributed by atoms with Crippen LogP contribution in [-0.4, -0.2) is 35.8 Å². The van der Waals surface area contributed by atoms with Gasteiger partial charge in [0, 0.05) is 24.3 Å². The van der Waals surface area contributed by atoms with Crippen LogP contribution < -0.4 is 15.0 Å². The molecule has 1 fully saturated rings. The van der Waals surface area contributed by atoms with Crippen molar-refractivity contribution >= 4 is 17.4 Å². The third-order valence-electron chi connectivity index (χ3n) is 5.80. The number of benzene rings is 2. The van der Waals surface area contributed by atoms with Gasteiger partial charge in [-0.25, -0.2) is 0 Å². The van der Waals surface area contributed by atoms with Crippen molar-refractivity contribution in [2.45, 2.75) is 33.1 Å². The van der Waals surface area contributed by atoms with E-state index < -0.39 is 0 Å². The van der Waals surface area contributed by atoms with Gasteiger partial charge < -0.3 is 15.0 Å². The number of nitrogens with one attached hydrogen (secondary N) is 1. The van der Waals surface area contributed by atoms with Gasteiger partial charge in [-0.2, -0.15) is 0 Å². The van der Waals surface area contributed by atoms with E-state index in [4.69, 9.17) is 4.74 Å². The molecule has 6 nitrogen and oxygen atoms in total. The lowest BCUT2D eigenvalue weighted by atomic mass is 9.99. The number of ether oxygens (including phenoxy) is 1. The van der Waals surface area contributed by atoms with Crippen LogP contribution in [0.1, 0.15) is 32.3 Å². The van der Waals surface area contributed by atoms with Crippen LogP contribution in [0.3, 0.4) is 0 Å². The van der Waals surface area contributed by atoms with E-state index in [1.165, 1.54) is 12.8 Å². The first-order valence-electron chi connectivity index (χ1n) is 11.3. The van der Waals surface area contributed by atoms with E-state index in [1.807, 2.05) is 67.6 Å². The predicted molar refractivity (Wildman–Crippen MR) is 128 cm³/mol. The minimum Gasteiger partial charge on any atom is -0.494 e. The molecule has 1 amide bonds. The molecule has 0 aliphatic carbocycles. The molecule has 32 heavy (non-hydrogen) atoms. The number of hydrogen-bond donors (Lipinski definition) is 1. The second kappa shape index (κ2) is 10.3. The lowest BCUT2D eigenvalue weighted by Crippen LogP contribution is -2.33. The molecule has 1 saturated heterocycles. The fraction of sp³-hybridized carbons (Fsp3) is 0.346. The molecule has 1 aliphatic heterocycles. The molecule has 4 rings (SSSR count). The van der Waals surface area contributed by atoms with Crippen molar-refractivity contribution < 1.29 is 9.53 Å². The Hall–Kier alpha value is -3.41. The number of anilines is 2. The van der Waals surface area contributed by atoms with Crippen LogP contribution in [0.2, 0.25) is 0 Å². The first kappa shape index (κ1) is 21.8. The Kier molecular flexibility index (Phi) is 7.00. The molecule has 166 valence electrons. The highest BCUT2D eigenvalue weighted by Gasteiger charge is 2.17. The summed E-state index contributed by atoms with van der Waals surface area (Å²) in [6.07, 6.45) is 2.70. The highest BCUT2D eigenvalue weighted by molar-refractivity contribution is 5.92. The summed E-state index contributed by atoms with van der Waals surface area (Å²) in [6.45, 7) is 6.94. The third-order valence-corrected chi connectivity index (χ3v) is 5.80. The summed E-state index contributed by atoms with van der Waals surface area (Å²) in [7, 11) is 0. The maximum atomic E-state index is 12.5. The number of carbonyl (C=O) groups excluding carboxylic acids is 1. The van der Waals surface area contributed by atoms with Gasteiger partial charge in [0.2, 0.25) is 5.91 Å². The minimum absolute atomic E-state index is 0.0629. The fourth-order valence-electron chi connectivity index (χ4n) is 3.90. The molecule has 3 aromatic rings. The van der Waals surface area contributed by atoms with Crippen molar-refractivity contribution in [3.63, 3.8) is 0 Å². The van der Waals surface area contributed by atoms with Crippen molar-refractivity contribution in [3.05, 3.63) is 66.2 Å². The predicted octanol–water partition coefficient (Wildman–Crippen LogP) is 4.96. The lowest BCUT2D eigenvalue weighted by Gasteiger charge is -2.30. The van der Waals surface area contributed by atoms with Gasteiger partial charge in [-0.1, -0.05) is 31.2 Å². The fourth-order valence-corrected chi connectivity index (χ4v) is 3.90. The Labute approximate surface area is 189 Å². The molecule has 0 radical (unpaired) electrons. The number of aromatic nitrogens is 2. The van der Waals surface area contributed by atoms with E-state index in [9.17, 15) is 4.79 Å². The number of hydrogen-bond acceptors (Lipinski definition) is 5. The highest BCUT2D eigenvalue weighted by atomic mass is 16.5. The smallest absolute Gasteiger partial charge is 0.228 e. The molecule has 1 aliphatic rings. The minimum atomic E-state index is -0.0629. The molecular weight excluding hydrogens is 400 g/mol. The highest BCUT2D eigenvalue weighted by Crippen LogP contribution is 2.24. The van der Waals surface area contributed by atoms with Crippen LogP contribution in [0, 0.1) is 5.92 Å². The molecule has 0 bridgehead atoms. The summed E-state index contributed by atoms with van der Waals surface area (Å²) in [5.74, 6) is 2.46. The molecule has 0 saturated carbocycles. The van der Waals surface area contributed by atoms with E-state index in [0.717, 1.165) is 53.1 Å². The van der Waals surface area contributed by atoms with Gasteiger partial charge in [0.1, 0.15) is 5.75 Å². The number of carbonyl (C=O) groups is 1. The molecule has 2 heterocycles. The second-order valence-corrected chi connectivity index (χ2v) is 8.33. The molecule has 2 aromatic carbocycles. The van der Waals surface area contributed by atoms with Crippen molar-refractivity contribution in [2.75, 3.05) is 29.9 Å². The Morgan fingerprint density at radius 1 is 1.06 bits per heavy atom. The van der Waals surface area contributed by atoms with E-state index in [-0.39, 0.29) is 5.91 Å². The van der Waals surface area contributed by atoms with Gasteiger partial charge in [0.05, 0.1) is 18.7 Å². The molecule has 0 spiro atoms. The summed E-state index contributed by atoms with van der Waals surface area (Å²) in [5.41, 5.74) is 3.40. The first-order chi connectivity index (χ1) is 15.6. The molecule has 1 N–H and O–H groups in total. The van der Waals surface area contributed by atoms with Crippen LogP contribution >= 0.6 is 0 Å².